The second-order valence-electron chi connectivity index (χ2n) is 5.89. The second kappa shape index (κ2) is 7.01. The number of hydrazone groups is 1. The topological polar surface area (TPSA) is 79.7 Å². The maximum atomic E-state index is 11.6. The van der Waals surface area contributed by atoms with E-state index in [2.05, 4.69) is 20.7 Å². The van der Waals surface area contributed by atoms with Gasteiger partial charge in [0.15, 0.2) is 11.6 Å². The molecule has 21 heavy (non-hydrogen) atoms. The van der Waals surface area contributed by atoms with E-state index in [1.54, 1.807) is 13.0 Å². The molecule has 0 unspecified atom stereocenters. The predicted molar refractivity (Wildman–Crippen MR) is 83.6 cm³/mol. The SMILES string of the molecule is C/C(CC(=O)OC(C)(C)C)=N\Nc1ccc(N(C)C)nn1. The highest BCUT2D eigenvalue weighted by Gasteiger charge is 2.16. The van der Waals surface area contributed by atoms with Crippen molar-refractivity contribution < 1.29 is 9.53 Å². The van der Waals surface area contributed by atoms with Gasteiger partial charge in [-0.1, -0.05) is 0 Å². The zero-order valence-electron chi connectivity index (χ0n) is 13.5. The number of nitrogens with one attached hydrogen (secondary N) is 1. The van der Waals surface area contributed by atoms with Crippen LogP contribution >= 0.6 is 0 Å². The zero-order valence-corrected chi connectivity index (χ0v) is 13.5. The largest absolute Gasteiger partial charge is 0.460 e. The smallest absolute Gasteiger partial charge is 0.312 e. The molecule has 1 aromatic heterocycles. The zero-order chi connectivity index (χ0) is 16.0. The molecule has 0 aliphatic heterocycles. The molecule has 0 amide bonds. The number of carbonyl (C=O) groups is 1. The summed E-state index contributed by atoms with van der Waals surface area (Å²) in [5, 5.41) is 12.1. The lowest BCUT2D eigenvalue weighted by atomic mass is 10.2. The number of rotatable bonds is 5. The molecule has 0 aliphatic carbocycles. The van der Waals surface area contributed by atoms with Crippen LogP contribution in [-0.4, -0.2) is 41.6 Å². The number of esters is 1. The lowest BCUT2D eigenvalue weighted by Crippen LogP contribution is -2.25. The molecule has 116 valence electrons. The highest BCUT2D eigenvalue weighted by Crippen LogP contribution is 2.10. The van der Waals surface area contributed by atoms with Gasteiger partial charge in [-0.2, -0.15) is 5.10 Å². The molecule has 1 rings (SSSR count). The minimum atomic E-state index is -0.488. The monoisotopic (exact) mass is 293 g/mol. The average Bonchev–Trinajstić information content (AvgIpc) is 2.34. The van der Waals surface area contributed by atoms with Crippen LogP contribution in [0, 0.1) is 0 Å². The number of nitrogens with zero attached hydrogens (tertiary/aromatic N) is 4. The van der Waals surface area contributed by atoms with Gasteiger partial charge in [0.05, 0.1) is 6.42 Å². The summed E-state index contributed by atoms with van der Waals surface area (Å²) < 4.78 is 5.22. The highest BCUT2D eigenvalue weighted by atomic mass is 16.6. The third-order valence-corrected chi connectivity index (χ3v) is 2.29. The molecule has 0 fully saturated rings. The molecule has 0 atom stereocenters. The van der Waals surface area contributed by atoms with E-state index in [0.29, 0.717) is 11.5 Å². The molecule has 7 nitrogen and oxygen atoms in total. The quantitative estimate of drug-likeness (QED) is 0.508. The summed E-state index contributed by atoms with van der Waals surface area (Å²) in [4.78, 5) is 13.5. The van der Waals surface area contributed by atoms with Gasteiger partial charge in [-0.15, -0.1) is 10.2 Å². The summed E-state index contributed by atoms with van der Waals surface area (Å²) in [6, 6.07) is 3.60. The van der Waals surface area contributed by atoms with Crippen LogP contribution in [0.4, 0.5) is 11.6 Å². The predicted octanol–water partition coefficient (Wildman–Crippen LogP) is 2.06. The van der Waals surface area contributed by atoms with Gasteiger partial charge >= 0.3 is 5.97 Å². The van der Waals surface area contributed by atoms with Gasteiger partial charge in [0.1, 0.15) is 5.60 Å². The van der Waals surface area contributed by atoms with Gasteiger partial charge in [-0.3, -0.25) is 10.2 Å². The lowest BCUT2D eigenvalue weighted by Gasteiger charge is -2.19. The van der Waals surface area contributed by atoms with Crippen LogP contribution in [0.25, 0.3) is 0 Å². The van der Waals surface area contributed by atoms with E-state index in [1.807, 2.05) is 45.8 Å². The van der Waals surface area contributed by atoms with E-state index in [9.17, 15) is 4.79 Å². The van der Waals surface area contributed by atoms with Crippen molar-refractivity contribution in [2.45, 2.75) is 39.7 Å². The molecule has 1 N–H and O–H groups in total. The van der Waals surface area contributed by atoms with Gasteiger partial charge in [0.25, 0.3) is 0 Å². The summed E-state index contributed by atoms with van der Waals surface area (Å²) in [6.07, 6.45) is 0.132. The van der Waals surface area contributed by atoms with Crippen molar-refractivity contribution in [2.75, 3.05) is 24.4 Å². The van der Waals surface area contributed by atoms with Crippen LogP contribution in [0.3, 0.4) is 0 Å². The number of carbonyl (C=O) groups excluding carboxylic acids is 1. The first-order chi connectivity index (χ1) is 9.67. The number of hydrogen-bond acceptors (Lipinski definition) is 7. The Morgan fingerprint density at radius 3 is 2.48 bits per heavy atom. The normalized spacial score (nSPS) is 12.0. The van der Waals surface area contributed by atoms with E-state index in [4.69, 9.17) is 4.74 Å². The van der Waals surface area contributed by atoms with Gasteiger partial charge in [0, 0.05) is 19.8 Å². The summed E-state index contributed by atoms with van der Waals surface area (Å²) in [6.45, 7) is 7.24. The third-order valence-electron chi connectivity index (χ3n) is 2.29. The Morgan fingerprint density at radius 1 is 1.33 bits per heavy atom. The van der Waals surface area contributed by atoms with Gasteiger partial charge in [-0.25, -0.2) is 0 Å². The van der Waals surface area contributed by atoms with Crippen LogP contribution in [0.1, 0.15) is 34.1 Å². The number of ether oxygens (including phenoxy) is 1. The Labute approximate surface area is 125 Å². The third kappa shape index (κ3) is 6.69. The summed E-state index contributed by atoms with van der Waals surface area (Å²) in [7, 11) is 3.78. The van der Waals surface area contributed by atoms with Crippen molar-refractivity contribution in [1.29, 1.82) is 0 Å². The van der Waals surface area contributed by atoms with Crippen LogP contribution in [0.15, 0.2) is 17.2 Å². The van der Waals surface area contributed by atoms with E-state index in [-0.39, 0.29) is 12.4 Å². The number of hydrogen-bond donors (Lipinski definition) is 1. The molecule has 0 aromatic carbocycles. The first-order valence-corrected chi connectivity index (χ1v) is 6.69. The molecule has 0 bridgehead atoms. The van der Waals surface area contributed by atoms with Crippen LogP contribution in [0.2, 0.25) is 0 Å². The Kier molecular flexibility index (Phi) is 5.63. The lowest BCUT2D eigenvalue weighted by molar-refractivity contribution is -0.153. The van der Waals surface area contributed by atoms with E-state index in [1.165, 1.54) is 0 Å². The Morgan fingerprint density at radius 2 is 2.00 bits per heavy atom. The minimum Gasteiger partial charge on any atom is -0.460 e. The number of aromatic nitrogens is 2. The average molecular weight is 293 g/mol. The summed E-state index contributed by atoms with van der Waals surface area (Å²) in [5.74, 6) is 0.971. The van der Waals surface area contributed by atoms with Gasteiger partial charge in [0.2, 0.25) is 0 Å². The molecule has 0 saturated heterocycles. The van der Waals surface area contributed by atoms with Crippen molar-refractivity contribution in [3.63, 3.8) is 0 Å². The van der Waals surface area contributed by atoms with Crippen LogP contribution in [0.5, 0.6) is 0 Å². The van der Waals surface area contributed by atoms with E-state index < -0.39 is 5.60 Å². The summed E-state index contributed by atoms with van der Waals surface area (Å²) in [5.41, 5.74) is 2.89. The van der Waals surface area contributed by atoms with Gasteiger partial charge in [-0.05, 0) is 39.8 Å². The molecular weight excluding hydrogens is 270 g/mol. The molecular formula is C14H23N5O2. The van der Waals surface area contributed by atoms with Crippen molar-refractivity contribution in [3.05, 3.63) is 12.1 Å². The minimum absolute atomic E-state index is 0.132. The van der Waals surface area contributed by atoms with Gasteiger partial charge < -0.3 is 9.64 Å². The molecule has 0 aliphatic rings. The fourth-order valence-corrected chi connectivity index (χ4v) is 1.40. The fraction of sp³-hybridized carbons (Fsp3) is 0.571. The van der Waals surface area contributed by atoms with Crippen molar-refractivity contribution >= 4 is 23.3 Å². The van der Waals surface area contributed by atoms with Crippen LogP contribution in [-0.2, 0) is 9.53 Å². The maximum absolute atomic E-state index is 11.6. The molecule has 7 heteroatoms. The van der Waals surface area contributed by atoms with Crippen molar-refractivity contribution in [3.8, 4) is 0 Å². The molecule has 0 spiro atoms. The van der Waals surface area contributed by atoms with E-state index in [0.717, 1.165) is 5.82 Å². The molecule has 0 saturated carbocycles. The Hall–Kier alpha value is -2.18. The van der Waals surface area contributed by atoms with E-state index >= 15 is 0 Å². The second-order valence-corrected chi connectivity index (χ2v) is 5.89. The number of anilines is 2. The van der Waals surface area contributed by atoms with Crippen molar-refractivity contribution in [1.82, 2.24) is 10.2 Å². The maximum Gasteiger partial charge on any atom is 0.312 e. The molecule has 1 heterocycles. The molecule has 1 aromatic rings. The summed E-state index contributed by atoms with van der Waals surface area (Å²) >= 11 is 0. The van der Waals surface area contributed by atoms with Crippen molar-refractivity contribution in [2.24, 2.45) is 5.10 Å². The first kappa shape index (κ1) is 16.9. The first-order valence-electron chi connectivity index (χ1n) is 6.69. The highest BCUT2D eigenvalue weighted by molar-refractivity contribution is 5.97. The Bertz CT molecular complexity index is 503. The molecule has 0 radical (unpaired) electrons. The van der Waals surface area contributed by atoms with Crippen LogP contribution < -0.4 is 10.3 Å². The Balaban J connectivity index is 2.53. The fourth-order valence-electron chi connectivity index (χ4n) is 1.40. The standard InChI is InChI=1S/C14H23N5O2/c1-10(9-13(20)21-14(2,3)4)15-16-11-7-8-12(18-17-11)19(5)6/h7-8H,9H2,1-6H3,(H,16,17)/b15-10+.